The first-order valence-corrected chi connectivity index (χ1v) is 7.40. The standard InChI is InChI=1S/C17H13FO2S/c18-15-11-12(14-7-4-10-21-14)8-9-17(15,16(19)20)13-5-2-1-3-6-13/h1-11,15H,(H,19,20). The molecule has 2 atom stereocenters. The molecule has 1 aliphatic rings. The van der Waals surface area contributed by atoms with Crippen molar-refractivity contribution in [1.29, 1.82) is 0 Å². The van der Waals surface area contributed by atoms with Gasteiger partial charge in [0.2, 0.25) is 0 Å². The van der Waals surface area contributed by atoms with E-state index >= 15 is 0 Å². The van der Waals surface area contributed by atoms with Gasteiger partial charge in [0.05, 0.1) is 0 Å². The highest BCUT2D eigenvalue weighted by molar-refractivity contribution is 7.11. The van der Waals surface area contributed by atoms with Crippen LogP contribution in [0.1, 0.15) is 10.4 Å². The number of hydrogen-bond donors (Lipinski definition) is 1. The molecule has 0 aliphatic heterocycles. The van der Waals surface area contributed by atoms with Gasteiger partial charge in [-0.15, -0.1) is 11.3 Å². The van der Waals surface area contributed by atoms with E-state index in [4.69, 9.17) is 0 Å². The second-order valence-electron chi connectivity index (χ2n) is 4.87. The summed E-state index contributed by atoms with van der Waals surface area (Å²) in [6, 6.07) is 12.3. The van der Waals surface area contributed by atoms with Gasteiger partial charge >= 0.3 is 5.97 Å². The third-order valence-electron chi connectivity index (χ3n) is 3.70. The van der Waals surface area contributed by atoms with Gasteiger partial charge in [-0.05, 0) is 28.7 Å². The van der Waals surface area contributed by atoms with Gasteiger partial charge in [-0.2, -0.15) is 0 Å². The van der Waals surface area contributed by atoms with Gasteiger partial charge < -0.3 is 5.11 Å². The van der Waals surface area contributed by atoms with Crippen LogP contribution in [-0.4, -0.2) is 17.2 Å². The molecule has 1 aliphatic carbocycles. The first-order chi connectivity index (χ1) is 10.1. The second-order valence-corrected chi connectivity index (χ2v) is 5.82. The van der Waals surface area contributed by atoms with E-state index in [9.17, 15) is 14.3 Å². The van der Waals surface area contributed by atoms with Gasteiger partial charge in [-0.25, -0.2) is 4.39 Å². The Bertz CT molecular complexity index is 704. The van der Waals surface area contributed by atoms with Crippen molar-refractivity contribution >= 4 is 22.9 Å². The summed E-state index contributed by atoms with van der Waals surface area (Å²) in [5.41, 5.74) is -0.477. The largest absolute Gasteiger partial charge is 0.480 e. The normalized spacial score (nSPS) is 24.6. The first kappa shape index (κ1) is 13.8. The maximum Gasteiger partial charge on any atom is 0.321 e. The molecule has 0 bridgehead atoms. The molecule has 0 radical (unpaired) electrons. The Morgan fingerprint density at radius 2 is 1.95 bits per heavy atom. The summed E-state index contributed by atoms with van der Waals surface area (Å²) in [6.07, 6.45) is 2.94. The third kappa shape index (κ3) is 2.21. The van der Waals surface area contributed by atoms with Crippen molar-refractivity contribution in [3.05, 3.63) is 76.5 Å². The summed E-state index contributed by atoms with van der Waals surface area (Å²) < 4.78 is 14.8. The Kier molecular flexibility index (Phi) is 3.47. The summed E-state index contributed by atoms with van der Waals surface area (Å²) in [7, 11) is 0. The maximum absolute atomic E-state index is 14.8. The third-order valence-corrected chi connectivity index (χ3v) is 4.62. The Balaban J connectivity index is 2.06. The first-order valence-electron chi connectivity index (χ1n) is 6.52. The molecule has 3 rings (SSSR count). The molecule has 1 N–H and O–H groups in total. The van der Waals surface area contributed by atoms with E-state index in [1.165, 1.54) is 23.5 Å². The molecule has 1 aromatic heterocycles. The number of hydrogen-bond acceptors (Lipinski definition) is 2. The van der Waals surface area contributed by atoms with Gasteiger partial charge in [-0.1, -0.05) is 48.6 Å². The number of carboxylic acids is 1. The number of thiophene rings is 1. The molecule has 1 heterocycles. The molecular formula is C17H13FO2S. The van der Waals surface area contributed by atoms with E-state index in [0.29, 0.717) is 5.56 Å². The number of aliphatic carboxylic acids is 1. The van der Waals surface area contributed by atoms with Crippen LogP contribution in [0.2, 0.25) is 0 Å². The lowest BCUT2D eigenvalue weighted by atomic mass is 9.73. The summed E-state index contributed by atoms with van der Waals surface area (Å²) >= 11 is 1.50. The van der Waals surface area contributed by atoms with Gasteiger partial charge in [0.25, 0.3) is 0 Å². The van der Waals surface area contributed by atoms with Crippen LogP contribution in [0.25, 0.3) is 5.57 Å². The van der Waals surface area contributed by atoms with Gasteiger partial charge in [0.1, 0.15) is 11.6 Å². The van der Waals surface area contributed by atoms with Crippen LogP contribution in [0.4, 0.5) is 4.39 Å². The number of rotatable bonds is 3. The lowest BCUT2D eigenvalue weighted by molar-refractivity contribution is -0.143. The molecule has 0 spiro atoms. The highest BCUT2D eigenvalue weighted by Gasteiger charge is 2.46. The SMILES string of the molecule is O=C(O)C1(c2ccccc2)C=CC(c2cccs2)=CC1F. The summed E-state index contributed by atoms with van der Waals surface area (Å²) in [6.45, 7) is 0. The quantitative estimate of drug-likeness (QED) is 0.928. The van der Waals surface area contributed by atoms with Crippen LogP contribution < -0.4 is 0 Å². The molecule has 0 saturated heterocycles. The lowest BCUT2D eigenvalue weighted by Crippen LogP contribution is -2.43. The highest BCUT2D eigenvalue weighted by Crippen LogP contribution is 2.39. The van der Waals surface area contributed by atoms with Crippen molar-refractivity contribution in [3.63, 3.8) is 0 Å². The number of halogens is 1. The molecule has 21 heavy (non-hydrogen) atoms. The Labute approximate surface area is 125 Å². The minimum absolute atomic E-state index is 0.447. The fourth-order valence-electron chi connectivity index (χ4n) is 2.55. The minimum Gasteiger partial charge on any atom is -0.480 e. The van der Waals surface area contributed by atoms with E-state index in [-0.39, 0.29) is 0 Å². The van der Waals surface area contributed by atoms with E-state index in [1.807, 2.05) is 17.5 Å². The number of benzene rings is 1. The molecule has 1 aromatic carbocycles. The zero-order valence-electron chi connectivity index (χ0n) is 11.1. The molecule has 0 amide bonds. The maximum atomic E-state index is 14.8. The van der Waals surface area contributed by atoms with E-state index in [2.05, 4.69) is 0 Å². The van der Waals surface area contributed by atoms with Gasteiger partial charge in [0.15, 0.2) is 0 Å². The Morgan fingerprint density at radius 3 is 2.52 bits per heavy atom. The average Bonchev–Trinajstić information content (AvgIpc) is 3.02. The number of carbonyl (C=O) groups is 1. The smallest absolute Gasteiger partial charge is 0.321 e. The van der Waals surface area contributed by atoms with Gasteiger partial charge in [0, 0.05) is 4.88 Å². The molecule has 4 heteroatoms. The molecule has 2 unspecified atom stereocenters. The molecular weight excluding hydrogens is 287 g/mol. The summed E-state index contributed by atoms with van der Waals surface area (Å²) in [5.74, 6) is -1.18. The van der Waals surface area contributed by atoms with E-state index < -0.39 is 17.6 Å². The Hall–Kier alpha value is -2.20. The minimum atomic E-state index is -1.65. The van der Waals surface area contributed by atoms with Crippen LogP contribution >= 0.6 is 11.3 Å². The second kappa shape index (κ2) is 5.30. The highest BCUT2D eigenvalue weighted by atomic mass is 32.1. The molecule has 2 aromatic rings. The molecule has 0 saturated carbocycles. The van der Waals surface area contributed by atoms with Crippen molar-refractivity contribution in [2.75, 3.05) is 0 Å². The zero-order valence-corrected chi connectivity index (χ0v) is 11.9. The van der Waals surface area contributed by atoms with Crippen molar-refractivity contribution in [2.45, 2.75) is 11.6 Å². The monoisotopic (exact) mass is 300 g/mol. The average molecular weight is 300 g/mol. The summed E-state index contributed by atoms with van der Waals surface area (Å²) in [4.78, 5) is 12.7. The van der Waals surface area contributed by atoms with Crippen molar-refractivity contribution < 1.29 is 14.3 Å². The van der Waals surface area contributed by atoms with Crippen molar-refractivity contribution in [1.82, 2.24) is 0 Å². The predicted molar refractivity (Wildman–Crippen MR) is 82.1 cm³/mol. The lowest BCUT2D eigenvalue weighted by Gasteiger charge is -2.31. The fraction of sp³-hybridized carbons (Fsp3) is 0.118. The zero-order chi connectivity index (χ0) is 14.9. The van der Waals surface area contributed by atoms with Crippen LogP contribution in [0, 0.1) is 0 Å². The van der Waals surface area contributed by atoms with Gasteiger partial charge in [-0.3, -0.25) is 4.79 Å². The van der Waals surface area contributed by atoms with Crippen LogP contribution in [-0.2, 0) is 10.2 Å². The number of carboxylic acid groups (broad SMARTS) is 1. The van der Waals surface area contributed by atoms with E-state index in [1.54, 1.807) is 36.4 Å². The van der Waals surface area contributed by atoms with E-state index in [0.717, 1.165) is 10.5 Å². The fourth-order valence-corrected chi connectivity index (χ4v) is 3.28. The van der Waals surface area contributed by atoms with Crippen LogP contribution in [0.15, 0.2) is 66.1 Å². The summed E-state index contributed by atoms with van der Waals surface area (Å²) in [5, 5.41) is 11.5. The Morgan fingerprint density at radius 1 is 1.19 bits per heavy atom. The van der Waals surface area contributed by atoms with Crippen molar-refractivity contribution in [2.24, 2.45) is 0 Å². The predicted octanol–water partition coefficient (Wildman–Crippen LogP) is 4.06. The van der Waals surface area contributed by atoms with Crippen LogP contribution in [0.5, 0.6) is 0 Å². The molecule has 0 fully saturated rings. The topological polar surface area (TPSA) is 37.3 Å². The van der Waals surface area contributed by atoms with Crippen LogP contribution in [0.3, 0.4) is 0 Å². The molecule has 2 nitrogen and oxygen atoms in total. The van der Waals surface area contributed by atoms with Crippen molar-refractivity contribution in [3.8, 4) is 0 Å². The number of alkyl halides is 1. The number of allylic oxidation sites excluding steroid dienone is 3. The molecule has 106 valence electrons.